The van der Waals surface area contributed by atoms with Crippen LogP contribution < -0.4 is 5.32 Å². The van der Waals surface area contributed by atoms with Gasteiger partial charge in [-0.25, -0.2) is 0 Å². The molecule has 1 aromatic rings. The van der Waals surface area contributed by atoms with Gasteiger partial charge < -0.3 is 10.4 Å². The van der Waals surface area contributed by atoms with Crippen LogP contribution in [0, 0.1) is 0 Å². The van der Waals surface area contributed by atoms with E-state index in [2.05, 4.69) is 11.4 Å². The van der Waals surface area contributed by atoms with Gasteiger partial charge in [0, 0.05) is 4.88 Å². The number of carboxylic acid groups (broad SMARTS) is 1. The van der Waals surface area contributed by atoms with Crippen molar-refractivity contribution >= 4 is 17.3 Å². The summed E-state index contributed by atoms with van der Waals surface area (Å²) in [5.74, 6) is -0.302. The van der Waals surface area contributed by atoms with E-state index in [1.807, 2.05) is 11.4 Å². The highest BCUT2D eigenvalue weighted by atomic mass is 32.1. The smallest absolute Gasteiger partial charge is 0.320 e. The van der Waals surface area contributed by atoms with Crippen LogP contribution in [0.3, 0.4) is 0 Å². The molecule has 4 heteroatoms. The van der Waals surface area contributed by atoms with Gasteiger partial charge >= 0.3 is 5.97 Å². The lowest BCUT2D eigenvalue weighted by Crippen LogP contribution is -2.42. The molecule has 0 spiro atoms. The summed E-state index contributed by atoms with van der Waals surface area (Å²) in [4.78, 5) is 12.1. The Hall–Kier alpha value is -0.870. The van der Waals surface area contributed by atoms with E-state index in [1.165, 1.54) is 4.88 Å². The van der Waals surface area contributed by atoms with Crippen LogP contribution in [0.5, 0.6) is 0 Å². The number of hydrogen-bond donors (Lipinski definition) is 2. The van der Waals surface area contributed by atoms with Gasteiger partial charge in [-0.3, -0.25) is 4.79 Å². The van der Waals surface area contributed by atoms with E-state index in [9.17, 15) is 4.79 Å². The minimum atomic E-state index is -0.730. The average molecular weight is 211 g/mol. The lowest BCUT2D eigenvalue weighted by atomic mass is 9.91. The first kappa shape index (κ1) is 9.68. The summed E-state index contributed by atoms with van der Waals surface area (Å²) in [6, 6.07) is 3.76. The maximum atomic E-state index is 10.8. The third-order valence-electron chi connectivity index (χ3n) is 2.65. The Morgan fingerprint density at radius 2 is 2.50 bits per heavy atom. The Bertz CT molecular complexity index is 310. The molecule has 0 aromatic carbocycles. The molecule has 2 heterocycles. The molecule has 0 bridgehead atoms. The quantitative estimate of drug-likeness (QED) is 0.782. The number of aliphatic carboxylic acids is 1. The van der Waals surface area contributed by atoms with Crippen molar-refractivity contribution in [2.45, 2.75) is 24.8 Å². The molecule has 0 amide bonds. The van der Waals surface area contributed by atoms with Crippen LogP contribution >= 0.6 is 11.3 Å². The van der Waals surface area contributed by atoms with Crippen molar-refractivity contribution in [2.24, 2.45) is 0 Å². The molecule has 14 heavy (non-hydrogen) atoms. The molecule has 2 atom stereocenters. The van der Waals surface area contributed by atoms with E-state index in [0.717, 1.165) is 19.4 Å². The second kappa shape index (κ2) is 4.11. The van der Waals surface area contributed by atoms with E-state index < -0.39 is 5.97 Å². The first-order chi connectivity index (χ1) is 6.77. The molecule has 2 rings (SSSR count). The largest absolute Gasteiger partial charge is 0.480 e. The summed E-state index contributed by atoms with van der Waals surface area (Å²) in [6.45, 7) is 0.805. The third kappa shape index (κ3) is 1.96. The maximum Gasteiger partial charge on any atom is 0.320 e. The highest BCUT2D eigenvalue weighted by Gasteiger charge is 2.27. The fourth-order valence-corrected chi connectivity index (χ4v) is 2.77. The SMILES string of the molecule is O=C(O)C1CC(c2cccs2)CCN1. The van der Waals surface area contributed by atoms with Crippen molar-refractivity contribution in [3.8, 4) is 0 Å². The summed E-state index contributed by atoms with van der Waals surface area (Å²) in [5, 5.41) is 14.0. The summed E-state index contributed by atoms with van der Waals surface area (Å²) in [6.07, 6.45) is 1.76. The molecule has 1 aromatic heterocycles. The van der Waals surface area contributed by atoms with Crippen LogP contribution in [0.1, 0.15) is 23.6 Å². The van der Waals surface area contributed by atoms with Crippen molar-refractivity contribution < 1.29 is 9.90 Å². The lowest BCUT2D eigenvalue weighted by molar-refractivity contribution is -0.140. The summed E-state index contributed by atoms with van der Waals surface area (Å²) in [7, 11) is 0. The molecule has 2 N–H and O–H groups in total. The Balaban J connectivity index is 2.04. The molecule has 1 aliphatic rings. The van der Waals surface area contributed by atoms with Crippen LogP contribution in [0.2, 0.25) is 0 Å². The highest BCUT2D eigenvalue weighted by molar-refractivity contribution is 7.10. The maximum absolute atomic E-state index is 10.8. The second-order valence-corrected chi connectivity index (χ2v) is 4.56. The van der Waals surface area contributed by atoms with Gasteiger partial charge in [0.15, 0.2) is 0 Å². The van der Waals surface area contributed by atoms with E-state index in [-0.39, 0.29) is 6.04 Å². The number of nitrogens with one attached hydrogen (secondary N) is 1. The lowest BCUT2D eigenvalue weighted by Gasteiger charge is -2.26. The number of hydrogen-bond acceptors (Lipinski definition) is 3. The monoisotopic (exact) mass is 211 g/mol. The summed E-state index contributed by atoms with van der Waals surface area (Å²) in [5.41, 5.74) is 0. The van der Waals surface area contributed by atoms with Crippen molar-refractivity contribution in [3.05, 3.63) is 22.4 Å². The Kier molecular flexibility index (Phi) is 2.84. The normalized spacial score (nSPS) is 27.4. The minimum Gasteiger partial charge on any atom is -0.480 e. The minimum absolute atomic E-state index is 0.365. The Morgan fingerprint density at radius 3 is 3.14 bits per heavy atom. The van der Waals surface area contributed by atoms with Crippen LogP contribution in [0.4, 0.5) is 0 Å². The molecule has 2 unspecified atom stereocenters. The zero-order chi connectivity index (χ0) is 9.97. The number of carboxylic acids is 1. The first-order valence-corrected chi connectivity index (χ1v) is 5.65. The zero-order valence-corrected chi connectivity index (χ0v) is 8.59. The van der Waals surface area contributed by atoms with Crippen molar-refractivity contribution in [1.29, 1.82) is 0 Å². The van der Waals surface area contributed by atoms with Gasteiger partial charge in [0.2, 0.25) is 0 Å². The average Bonchev–Trinajstić information content (AvgIpc) is 2.71. The molecular weight excluding hydrogens is 198 g/mol. The summed E-state index contributed by atoms with van der Waals surface area (Å²) >= 11 is 1.72. The van der Waals surface area contributed by atoms with Gasteiger partial charge in [0.1, 0.15) is 6.04 Å². The van der Waals surface area contributed by atoms with E-state index in [4.69, 9.17) is 5.11 Å². The van der Waals surface area contributed by atoms with Crippen molar-refractivity contribution in [1.82, 2.24) is 5.32 Å². The number of piperidine rings is 1. The van der Waals surface area contributed by atoms with Gasteiger partial charge in [-0.15, -0.1) is 11.3 Å². The molecule has 3 nitrogen and oxygen atoms in total. The topological polar surface area (TPSA) is 49.3 Å². The van der Waals surface area contributed by atoms with Gasteiger partial charge in [0.25, 0.3) is 0 Å². The predicted octanol–water partition coefficient (Wildman–Crippen LogP) is 1.67. The number of carbonyl (C=O) groups is 1. The van der Waals surface area contributed by atoms with Crippen LogP contribution in [-0.4, -0.2) is 23.7 Å². The Labute approximate surface area is 86.8 Å². The predicted molar refractivity (Wildman–Crippen MR) is 55.7 cm³/mol. The highest BCUT2D eigenvalue weighted by Crippen LogP contribution is 2.30. The fraction of sp³-hybridized carbons (Fsp3) is 0.500. The van der Waals surface area contributed by atoms with Gasteiger partial charge in [-0.05, 0) is 36.8 Å². The van der Waals surface area contributed by atoms with Crippen LogP contribution in [-0.2, 0) is 4.79 Å². The molecule has 1 aliphatic heterocycles. The zero-order valence-electron chi connectivity index (χ0n) is 7.77. The molecular formula is C10H13NO2S. The molecule has 1 saturated heterocycles. The van der Waals surface area contributed by atoms with Crippen molar-refractivity contribution in [2.75, 3.05) is 6.54 Å². The Morgan fingerprint density at radius 1 is 1.64 bits per heavy atom. The molecule has 1 fully saturated rings. The van der Waals surface area contributed by atoms with Crippen molar-refractivity contribution in [3.63, 3.8) is 0 Å². The molecule has 76 valence electrons. The van der Waals surface area contributed by atoms with E-state index in [0.29, 0.717) is 5.92 Å². The van der Waals surface area contributed by atoms with Crippen LogP contribution in [0.15, 0.2) is 17.5 Å². The van der Waals surface area contributed by atoms with Gasteiger partial charge in [-0.1, -0.05) is 6.07 Å². The molecule has 0 saturated carbocycles. The summed E-state index contributed by atoms with van der Waals surface area (Å²) < 4.78 is 0. The second-order valence-electron chi connectivity index (χ2n) is 3.58. The fourth-order valence-electron chi connectivity index (χ4n) is 1.89. The number of rotatable bonds is 2. The third-order valence-corrected chi connectivity index (χ3v) is 3.68. The molecule has 0 aliphatic carbocycles. The van der Waals surface area contributed by atoms with E-state index >= 15 is 0 Å². The van der Waals surface area contributed by atoms with Crippen LogP contribution in [0.25, 0.3) is 0 Å². The standard InChI is InChI=1S/C10H13NO2S/c12-10(13)8-6-7(3-4-11-8)9-2-1-5-14-9/h1-2,5,7-8,11H,3-4,6H2,(H,12,13). The number of thiophene rings is 1. The first-order valence-electron chi connectivity index (χ1n) is 4.77. The van der Waals surface area contributed by atoms with Gasteiger partial charge in [-0.2, -0.15) is 0 Å². The molecule has 0 radical (unpaired) electrons. The van der Waals surface area contributed by atoms with E-state index in [1.54, 1.807) is 11.3 Å². The van der Waals surface area contributed by atoms with Gasteiger partial charge in [0.05, 0.1) is 0 Å².